The zero-order chi connectivity index (χ0) is 15.1. The summed E-state index contributed by atoms with van der Waals surface area (Å²) in [6, 6.07) is 6.74. The molecule has 0 radical (unpaired) electrons. The van der Waals surface area contributed by atoms with Gasteiger partial charge in [0.25, 0.3) is 0 Å². The molecule has 0 bridgehead atoms. The molecule has 2 unspecified atom stereocenters. The van der Waals surface area contributed by atoms with Crippen LogP contribution >= 0.6 is 0 Å². The number of rotatable bonds is 3. The van der Waals surface area contributed by atoms with Gasteiger partial charge in [-0.2, -0.15) is 0 Å². The molecule has 2 atom stereocenters. The van der Waals surface area contributed by atoms with Gasteiger partial charge in [0.2, 0.25) is 11.8 Å². The number of nitrogens with zero attached hydrogens (tertiary/aromatic N) is 1. The van der Waals surface area contributed by atoms with Gasteiger partial charge in [0.1, 0.15) is 0 Å². The molecule has 0 aromatic heterocycles. The van der Waals surface area contributed by atoms with Crippen molar-refractivity contribution in [1.29, 1.82) is 0 Å². The van der Waals surface area contributed by atoms with Gasteiger partial charge in [0.15, 0.2) is 0 Å². The van der Waals surface area contributed by atoms with E-state index in [0.717, 1.165) is 12.8 Å². The molecule has 1 saturated carbocycles. The molecule has 110 valence electrons. The molecule has 5 nitrogen and oxygen atoms in total. The molecule has 2 fully saturated rings. The summed E-state index contributed by atoms with van der Waals surface area (Å²) in [7, 11) is 0. The van der Waals surface area contributed by atoms with Crippen LogP contribution in [0, 0.1) is 17.8 Å². The fraction of sp³-hybridized carbons (Fsp3) is 0.438. The average molecular weight is 287 g/mol. The molecule has 2 amide bonds. The van der Waals surface area contributed by atoms with E-state index < -0.39 is 5.97 Å². The second-order valence-electron chi connectivity index (χ2n) is 6.00. The van der Waals surface area contributed by atoms with E-state index in [2.05, 4.69) is 6.92 Å². The largest absolute Gasteiger partial charge is 0.481 e. The Morgan fingerprint density at radius 1 is 1.19 bits per heavy atom. The number of anilines is 1. The first-order chi connectivity index (χ1) is 9.99. The van der Waals surface area contributed by atoms with Gasteiger partial charge in [-0.25, -0.2) is 4.90 Å². The molecule has 0 spiro atoms. The van der Waals surface area contributed by atoms with Crippen molar-refractivity contribution in [3.63, 3.8) is 0 Å². The van der Waals surface area contributed by atoms with Gasteiger partial charge in [-0.3, -0.25) is 14.4 Å². The van der Waals surface area contributed by atoms with Crippen LogP contribution in [-0.2, 0) is 20.8 Å². The summed E-state index contributed by atoms with van der Waals surface area (Å²) in [6.45, 7) is 2.06. The zero-order valence-corrected chi connectivity index (χ0v) is 11.8. The number of fused-ring (bicyclic) bond motifs is 1. The van der Waals surface area contributed by atoms with Gasteiger partial charge in [-0.1, -0.05) is 25.1 Å². The van der Waals surface area contributed by atoms with Crippen molar-refractivity contribution in [3.05, 3.63) is 29.8 Å². The molecule has 1 aliphatic heterocycles. The van der Waals surface area contributed by atoms with Crippen molar-refractivity contribution in [2.24, 2.45) is 17.8 Å². The second-order valence-corrected chi connectivity index (χ2v) is 6.00. The lowest BCUT2D eigenvalue weighted by Crippen LogP contribution is -2.33. The van der Waals surface area contributed by atoms with Crippen molar-refractivity contribution >= 4 is 23.5 Å². The topological polar surface area (TPSA) is 74.7 Å². The van der Waals surface area contributed by atoms with E-state index in [-0.39, 0.29) is 30.1 Å². The smallest absolute Gasteiger partial charge is 0.307 e. The number of hydrogen-bond donors (Lipinski definition) is 1. The highest BCUT2D eigenvalue weighted by Crippen LogP contribution is 2.44. The number of para-hydroxylation sites is 1. The SMILES string of the molecule is CC1CC2C(=O)N(c3ccccc3CC(=O)O)C(=O)C2C1. The maximum atomic E-state index is 12.5. The lowest BCUT2D eigenvalue weighted by Gasteiger charge is -2.19. The highest BCUT2D eigenvalue weighted by Gasteiger charge is 2.52. The number of amides is 2. The van der Waals surface area contributed by atoms with E-state index in [4.69, 9.17) is 5.11 Å². The maximum Gasteiger partial charge on any atom is 0.307 e. The van der Waals surface area contributed by atoms with E-state index in [1.54, 1.807) is 24.3 Å². The molecule has 1 aliphatic carbocycles. The predicted molar refractivity (Wildman–Crippen MR) is 75.7 cm³/mol. The Labute approximate surface area is 122 Å². The standard InChI is InChI=1S/C16H17NO4/c1-9-6-11-12(7-9)16(21)17(15(11)20)13-5-3-2-4-10(13)8-14(18)19/h2-5,9,11-12H,6-8H2,1H3,(H,18,19). The first-order valence-corrected chi connectivity index (χ1v) is 7.16. The number of carbonyl (C=O) groups excluding carboxylic acids is 2. The van der Waals surface area contributed by atoms with Gasteiger partial charge in [0, 0.05) is 0 Å². The Hall–Kier alpha value is -2.17. The molecule has 5 heteroatoms. The number of aliphatic carboxylic acids is 1. The van der Waals surface area contributed by atoms with Crippen molar-refractivity contribution in [2.45, 2.75) is 26.2 Å². The monoisotopic (exact) mass is 287 g/mol. The van der Waals surface area contributed by atoms with Crippen LogP contribution in [0.3, 0.4) is 0 Å². The third-order valence-electron chi connectivity index (χ3n) is 4.45. The lowest BCUT2D eigenvalue weighted by molar-refractivity contribution is -0.136. The van der Waals surface area contributed by atoms with Crippen molar-refractivity contribution in [3.8, 4) is 0 Å². The summed E-state index contributed by atoms with van der Waals surface area (Å²) in [4.78, 5) is 37.2. The normalized spacial score (nSPS) is 28.0. The Balaban J connectivity index is 1.97. The van der Waals surface area contributed by atoms with Crippen molar-refractivity contribution in [1.82, 2.24) is 0 Å². The van der Waals surface area contributed by atoms with E-state index >= 15 is 0 Å². The number of carboxylic acid groups (broad SMARTS) is 1. The fourth-order valence-electron chi connectivity index (χ4n) is 3.56. The summed E-state index contributed by atoms with van der Waals surface area (Å²) in [5.41, 5.74) is 0.927. The molecule has 3 rings (SSSR count). The molecular formula is C16H17NO4. The van der Waals surface area contributed by atoms with E-state index in [1.165, 1.54) is 4.90 Å². The van der Waals surface area contributed by atoms with Crippen molar-refractivity contribution < 1.29 is 19.5 Å². The zero-order valence-electron chi connectivity index (χ0n) is 11.8. The second kappa shape index (κ2) is 4.98. The van der Waals surface area contributed by atoms with Crippen LogP contribution in [0.4, 0.5) is 5.69 Å². The molecule has 1 aromatic rings. The summed E-state index contributed by atoms with van der Waals surface area (Å²) >= 11 is 0. The van der Waals surface area contributed by atoms with Crippen molar-refractivity contribution in [2.75, 3.05) is 4.90 Å². The quantitative estimate of drug-likeness (QED) is 0.861. The fourth-order valence-corrected chi connectivity index (χ4v) is 3.56. The Morgan fingerprint density at radius 3 is 2.33 bits per heavy atom. The number of benzene rings is 1. The molecule has 1 aromatic carbocycles. The Kier molecular flexibility index (Phi) is 3.27. The summed E-state index contributed by atoms with van der Waals surface area (Å²) in [5.74, 6) is -1.39. The van der Waals surface area contributed by atoms with Gasteiger partial charge in [-0.15, -0.1) is 0 Å². The minimum Gasteiger partial charge on any atom is -0.481 e. The summed E-state index contributed by atoms with van der Waals surface area (Å²) in [5, 5.41) is 8.97. The summed E-state index contributed by atoms with van der Waals surface area (Å²) < 4.78 is 0. The first-order valence-electron chi connectivity index (χ1n) is 7.16. The van der Waals surface area contributed by atoms with E-state index in [1.807, 2.05) is 0 Å². The van der Waals surface area contributed by atoms with Crippen LogP contribution in [0.15, 0.2) is 24.3 Å². The van der Waals surface area contributed by atoms with Crippen LogP contribution < -0.4 is 4.90 Å². The molecule has 21 heavy (non-hydrogen) atoms. The minimum absolute atomic E-state index is 0.174. The number of imide groups is 1. The third kappa shape index (κ3) is 2.22. The summed E-state index contributed by atoms with van der Waals surface area (Å²) in [6.07, 6.45) is 1.29. The minimum atomic E-state index is -0.977. The van der Waals surface area contributed by atoms with Crippen LogP contribution in [0.5, 0.6) is 0 Å². The predicted octanol–water partition coefficient (Wildman–Crippen LogP) is 1.85. The number of carbonyl (C=O) groups is 3. The molecular weight excluding hydrogens is 270 g/mol. The molecule has 1 heterocycles. The van der Waals surface area contributed by atoms with Crippen LogP contribution in [0.1, 0.15) is 25.3 Å². The molecule has 1 saturated heterocycles. The van der Waals surface area contributed by atoms with Gasteiger partial charge in [0.05, 0.1) is 23.9 Å². The van der Waals surface area contributed by atoms with Crippen LogP contribution in [0.25, 0.3) is 0 Å². The highest BCUT2D eigenvalue weighted by molar-refractivity contribution is 6.22. The number of hydrogen-bond acceptors (Lipinski definition) is 3. The molecule has 1 N–H and O–H groups in total. The van der Waals surface area contributed by atoms with E-state index in [0.29, 0.717) is 17.2 Å². The third-order valence-corrected chi connectivity index (χ3v) is 4.45. The van der Waals surface area contributed by atoms with Gasteiger partial charge < -0.3 is 5.11 Å². The average Bonchev–Trinajstić information content (AvgIpc) is 2.90. The van der Waals surface area contributed by atoms with Crippen LogP contribution in [0.2, 0.25) is 0 Å². The highest BCUT2D eigenvalue weighted by atomic mass is 16.4. The van der Waals surface area contributed by atoms with E-state index in [9.17, 15) is 14.4 Å². The Bertz CT molecular complexity index is 600. The first kappa shape index (κ1) is 13.8. The molecule has 2 aliphatic rings. The van der Waals surface area contributed by atoms with Gasteiger partial charge >= 0.3 is 5.97 Å². The number of carboxylic acids is 1. The van der Waals surface area contributed by atoms with Gasteiger partial charge in [-0.05, 0) is 30.4 Å². The Morgan fingerprint density at radius 2 is 1.76 bits per heavy atom. The lowest BCUT2D eigenvalue weighted by atomic mass is 10.00. The maximum absolute atomic E-state index is 12.5. The van der Waals surface area contributed by atoms with Crippen LogP contribution in [-0.4, -0.2) is 22.9 Å².